The topological polar surface area (TPSA) is 43.8 Å². The van der Waals surface area contributed by atoms with Crippen LogP contribution in [0.25, 0.3) is 0 Å². The molecule has 2 unspecified atom stereocenters. The molecular formula is C11H19N3. The molecule has 2 rings (SSSR count). The Hall–Kier alpha value is -0.990. The molecule has 1 heterocycles. The molecule has 1 saturated carbocycles. The number of nitrogens with zero attached hydrogens (tertiary/aromatic N) is 2. The van der Waals surface area contributed by atoms with E-state index >= 15 is 0 Å². The molecule has 1 aromatic rings. The summed E-state index contributed by atoms with van der Waals surface area (Å²) in [6, 6.07) is 2.01. The van der Waals surface area contributed by atoms with Crippen LogP contribution in [0.4, 0.5) is 5.82 Å². The molecule has 14 heavy (non-hydrogen) atoms. The second-order valence-electron chi connectivity index (χ2n) is 5.43. The summed E-state index contributed by atoms with van der Waals surface area (Å²) in [5.41, 5.74) is 7.33. The summed E-state index contributed by atoms with van der Waals surface area (Å²) in [4.78, 5) is 0. The van der Waals surface area contributed by atoms with Crippen LogP contribution in [0.3, 0.4) is 0 Å². The molecule has 0 aromatic carbocycles. The van der Waals surface area contributed by atoms with Gasteiger partial charge in [-0.1, -0.05) is 20.8 Å². The maximum atomic E-state index is 5.76. The Balaban J connectivity index is 2.13. The molecule has 1 aromatic heterocycles. The molecule has 78 valence electrons. The van der Waals surface area contributed by atoms with Gasteiger partial charge in [0.1, 0.15) is 5.82 Å². The van der Waals surface area contributed by atoms with Crippen molar-refractivity contribution in [1.29, 1.82) is 0 Å². The van der Waals surface area contributed by atoms with Gasteiger partial charge in [-0.3, -0.25) is 4.68 Å². The fraction of sp³-hybridized carbons (Fsp3) is 0.727. The van der Waals surface area contributed by atoms with E-state index in [0.717, 1.165) is 11.7 Å². The van der Waals surface area contributed by atoms with E-state index in [1.807, 2.05) is 13.1 Å². The summed E-state index contributed by atoms with van der Waals surface area (Å²) < 4.78 is 1.76. The highest BCUT2D eigenvalue weighted by Crippen LogP contribution is 2.56. The molecule has 1 aliphatic carbocycles. The maximum Gasteiger partial charge on any atom is 0.121 e. The molecule has 0 saturated heterocycles. The third-order valence-electron chi connectivity index (χ3n) is 3.22. The Morgan fingerprint density at radius 1 is 1.50 bits per heavy atom. The predicted octanol–water partition coefficient (Wildman–Crippen LogP) is 2.15. The van der Waals surface area contributed by atoms with E-state index in [1.165, 1.54) is 12.1 Å². The van der Waals surface area contributed by atoms with Gasteiger partial charge >= 0.3 is 0 Å². The van der Waals surface area contributed by atoms with Gasteiger partial charge < -0.3 is 5.73 Å². The molecule has 2 N–H and O–H groups in total. The summed E-state index contributed by atoms with van der Waals surface area (Å²) in [5.74, 6) is 2.18. The Kier molecular flexibility index (Phi) is 1.88. The second-order valence-corrected chi connectivity index (χ2v) is 5.43. The van der Waals surface area contributed by atoms with Crippen LogP contribution in [0.15, 0.2) is 6.07 Å². The van der Waals surface area contributed by atoms with Crippen molar-refractivity contribution in [1.82, 2.24) is 9.78 Å². The van der Waals surface area contributed by atoms with Gasteiger partial charge in [0.2, 0.25) is 0 Å². The first-order valence-corrected chi connectivity index (χ1v) is 5.19. The fourth-order valence-corrected chi connectivity index (χ4v) is 2.16. The van der Waals surface area contributed by atoms with Gasteiger partial charge in [0.25, 0.3) is 0 Å². The van der Waals surface area contributed by atoms with Crippen molar-refractivity contribution in [3.63, 3.8) is 0 Å². The molecule has 1 aliphatic rings. The fourth-order valence-electron chi connectivity index (χ4n) is 2.16. The van der Waals surface area contributed by atoms with Gasteiger partial charge in [0.15, 0.2) is 0 Å². The third-order valence-corrected chi connectivity index (χ3v) is 3.22. The van der Waals surface area contributed by atoms with Gasteiger partial charge in [-0.2, -0.15) is 5.10 Å². The van der Waals surface area contributed by atoms with Crippen molar-refractivity contribution < 1.29 is 0 Å². The number of aryl methyl sites for hydroxylation is 1. The van der Waals surface area contributed by atoms with Crippen molar-refractivity contribution in [3.8, 4) is 0 Å². The predicted molar refractivity (Wildman–Crippen MR) is 57.9 cm³/mol. The minimum Gasteiger partial charge on any atom is -0.384 e. The number of anilines is 1. The number of nitrogens with two attached hydrogens (primary N) is 1. The van der Waals surface area contributed by atoms with Gasteiger partial charge in [-0.25, -0.2) is 0 Å². The van der Waals surface area contributed by atoms with Crippen molar-refractivity contribution in [2.75, 3.05) is 5.73 Å². The zero-order chi connectivity index (χ0) is 10.5. The molecule has 3 heteroatoms. The van der Waals surface area contributed by atoms with Gasteiger partial charge in [0, 0.05) is 19.0 Å². The molecule has 0 spiro atoms. The first kappa shape index (κ1) is 9.56. The minimum atomic E-state index is 0.400. The van der Waals surface area contributed by atoms with E-state index in [2.05, 4.69) is 25.9 Å². The number of rotatable bonds is 1. The van der Waals surface area contributed by atoms with Crippen LogP contribution in [0.1, 0.15) is 38.8 Å². The Morgan fingerprint density at radius 2 is 2.14 bits per heavy atom. The van der Waals surface area contributed by atoms with Crippen LogP contribution in [0.2, 0.25) is 0 Å². The van der Waals surface area contributed by atoms with Crippen LogP contribution >= 0.6 is 0 Å². The summed E-state index contributed by atoms with van der Waals surface area (Å²) in [6.45, 7) is 6.89. The highest BCUT2D eigenvalue weighted by atomic mass is 15.3. The Morgan fingerprint density at radius 3 is 2.50 bits per heavy atom. The summed E-state index contributed by atoms with van der Waals surface area (Å²) in [7, 11) is 1.90. The van der Waals surface area contributed by atoms with Crippen LogP contribution in [-0.2, 0) is 7.05 Å². The first-order valence-electron chi connectivity index (χ1n) is 5.19. The number of hydrogen-bond acceptors (Lipinski definition) is 2. The summed E-state index contributed by atoms with van der Waals surface area (Å²) >= 11 is 0. The van der Waals surface area contributed by atoms with Crippen molar-refractivity contribution in [3.05, 3.63) is 11.8 Å². The van der Waals surface area contributed by atoms with Gasteiger partial charge in [-0.05, 0) is 17.8 Å². The Labute approximate surface area is 85.3 Å². The number of nitrogen functional groups attached to an aromatic ring is 1. The average Bonchev–Trinajstić information content (AvgIpc) is 2.75. The molecule has 0 amide bonds. The standard InChI is InChI=1S/C11H19N3/c1-11(2,3)8-5-7(8)9-6-10(12)14(4)13-9/h6-8H,5,12H2,1-4H3. The first-order chi connectivity index (χ1) is 6.39. The van der Waals surface area contributed by atoms with Gasteiger partial charge in [-0.15, -0.1) is 0 Å². The molecule has 1 fully saturated rings. The van der Waals surface area contributed by atoms with E-state index in [9.17, 15) is 0 Å². The Bertz CT molecular complexity index is 326. The van der Waals surface area contributed by atoms with E-state index in [4.69, 9.17) is 5.73 Å². The van der Waals surface area contributed by atoms with E-state index < -0.39 is 0 Å². The molecule has 3 nitrogen and oxygen atoms in total. The monoisotopic (exact) mass is 193 g/mol. The lowest BCUT2D eigenvalue weighted by Crippen LogP contribution is -2.09. The minimum absolute atomic E-state index is 0.400. The highest BCUT2D eigenvalue weighted by molar-refractivity contribution is 5.34. The normalized spacial score (nSPS) is 26.6. The highest BCUT2D eigenvalue weighted by Gasteiger charge is 2.47. The van der Waals surface area contributed by atoms with Crippen LogP contribution in [0.5, 0.6) is 0 Å². The zero-order valence-corrected chi connectivity index (χ0v) is 9.41. The second kappa shape index (κ2) is 2.75. The van der Waals surface area contributed by atoms with E-state index in [-0.39, 0.29) is 0 Å². The largest absolute Gasteiger partial charge is 0.384 e. The van der Waals surface area contributed by atoms with Crippen LogP contribution in [0, 0.1) is 11.3 Å². The third kappa shape index (κ3) is 1.51. The quantitative estimate of drug-likeness (QED) is 0.742. The lowest BCUT2D eigenvalue weighted by atomic mass is 9.88. The smallest absolute Gasteiger partial charge is 0.121 e. The number of hydrogen-bond donors (Lipinski definition) is 1. The summed E-state index contributed by atoms with van der Waals surface area (Å²) in [5, 5.41) is 4.43. The van der Waals surface area contributed by atoms with Crippen molar-refractivity contribution >= 4 is 5.82 Å². The maximum absolute atomic E-state index is 5.76. The lowest BCUT2D eigenvalue weighted by molar-refractivity contribution is 0.342. The zero-order valence-electron chi connectivity index (χ0n) is 9.41. The van der Waals surface area contributed by atoms with E-state index in [1.54, 1.807) is 4.68 Å². The molecule has 0 radical (unpaired) electrons. The van der Waals surface area contributed by atoms with Crippen LogP contribution in [-0.4, -0.2) is 9.78 Å². The molecular weight excluding hydrogens is 174 g/mol. The van der Waals surface area contributed by atoms with E-state index in [0.29, 0.717) is 11.3 Å². The van der Waals surface area contributed by atoms with Crippen molar-refractivity contribution in [2.24, 2.45) is 18.4 Å². The molecule has 2 atom stereocenters. The number of aromatic nitrogens is 2. The molecule has 0 bridgehead atoms. The van der Waals surface area contributed by atoms with Crippen LogP contribution < -0.4 is 5.73 Å². The average molecular weight is 193 g/mol. The molecule has 0 aliphatic heterocycles. The van der Waals surface area contributed by atoms with Crippen molar-refractivity contribution in [2.45, 2.75) is 33.1 Å². The van der Waals surface area contributed by atoms with Gasteiger partial charge in [0.05, 0.1) is 5.69 Å². The SMILES string of the molecule is Cn1nc(C2CC2C(C)(C)C)cc1N. The lowest BCUT2D eigenvalue weighted by Gasteiger charge is -2.17. The summed E-state index contributed by atoms with van der Waals surface area (Å²) in [6.07, 6.45) is 1.26.